The van der Waals surface area contributed by atoms with E-state index < -0.39 is 0 Å². The fourth-order valence-corrected chi connectivity index (χ4v) is 2.72. The minimum absolute atomic E-state index is 0.120. The van der Waals surface area contributed by atoms with Gasteiger partial charge in [-0.1, -0.05) is 11.6 Å². The molecule has 0 bridgehead atoms. The summed E-state index contributed by atoms with van der Waals surface area (Å²) in [4.78, 5) is 5.35. The largest absolute Gasteiger partial charge is 0.270 e. The number of nitrogens with one attached hydrogen (secondary N) is 1. The topological polar surface area (TPSA) is 50.9 Å². The molecule has 1 unspecified atom stereocenters. The number of hydrogen-bond donors (Lipinski definition) is 2. The van der Waals surface area contributed by atoms with Crippen LogP contribution in [0.25, 0.3) is 0 Å². The third-order valence-electron chi connectivity index (χ3n) is 2.09. The van der Waals surface area contributed by atoms with Crippen molar-refractivity contribution in [2.45, 2.75) is 6.04 Å². The number of thiophene rings is 1. The van der Waals surface area contributed by atoms with Crippen molar-refractivity contribution >= 4 is 38.9 Å². The van der Waals surface area contributed by atoms with Gasteiger partial charge in [0.2, 0.25) is 0 Å². The van der Waals surface area contributed by atoms with Crippen molar-refractivity contribution in [3.8, 4) is 0 Å². The van der Waals surface area contributed by atoms with Crippen LogP contribution < -0.4 is 11.3 Å². The lowest BCUT2D eigenvalue weighted by molar-refractivity contribution is 0.630. The van der Waals surface area contributed by atoms with Crippen molar-refractivity contribution in [2.75, 3.05) is 0 Å². The summed E-state index contributed by atoms with van der Waals surface area (Å²) < 4.78 is 1.68. The Morgan fingerprint density at radius 1 is 1.38 bits per heavy atom. The van der Waals surface area contributed by atoms with Gasteiger partial charge >= 0.3 is 0 Å². The number of hydrogen-bond acceptors (Lipinski definition) is 4. The molecule has 2 aromatic heterocycles. The molecule has 3 nitrogen and oxygen atoms in total. The van der Waals surface area contributed by atoms with Crippen molar-refractivity contribution in [1.82, 2.24) is 10.4 Å². The molecule has 0 aromatic carbocycles. The van der Waals surface area contributed by atoms with Crippen LogP contribution in [0.5, 0.6) is 0 Å². The average Bonchev–Trinajstić information content (AvgIpc) is 2.69. The van der Waals surface area contributed by atoms with Gasteiger partial charge in [-0.25, -0.2) is 5.43 Å². The Morgan fingerprint density at radius 3 is 2.69 bits per heavy atom. The van der Waals surface area contributed by atoms with Gasteiger partial charge in [0.25, 0.3) is 0 Å². The number of nitrogens with two attached hydrogens (primary N) is 1. The van der Waals surface area contributed by atoms with Crippen LogP contribution in [0, 0.1) is 0 Å². The lowest BCUT2D eigenvalue weighted by Gasteiger charge is -2.13. The Balaban J connectivity index is 2.32. The zero-order valence-corrected chi connectivity index (χ0v) is 11.3. The van der Waals surface area contributed by atoms with E-state index in [9.17, 15) is 0 Å². The molecule has 0 aliphatic rings. The molecular weight excluding hydrogens is 310 g/mol. The highest BCUT2D eigenvalue weighted by molar-refractivity contribution is 9.10. The number of pyridine rings is 1. The van der Waals surface area contributed by atoms with Crippen molar-refractivity contribution in [1.29, 1.82) is 0 Å². The molecule has 0 amide bonds. The van der Waals surface area contributed by atoms with Crippen molar-refractivity contribution in [3.63, 3.8) is 0 Å². The molecular formula is C10H9BrClN3S. The zero-order valence-electron chi connectivity index (χ0n) is 8.15. The SMILES string of the molecule is NNC(c1ccc(Br)cn1)c1ccc(Cl)s1. The van der Waals surface area contributed by atoms with Crippen molar-refractivity contribution < 1.29 is 0 Å². The Kier molecular flexibility index (Phi) is 3.94. The number of halogens is 2. The van der Waals surface area contributed by atoms with E-state index in [1.807, 2.05) is 24.3 Å². The van der Waals surface area contributed by atoms with Gasteiger partial charge in [0, 0.05) is 15.5 Å². The molecule has 6 heteroatoms. The predicted molar refractivity (Wildman–Crippen MR) is 70.4 cm³/mol. The lowest BCUT2D eigenvalue weighted by Crippen LogP contribution is -2.28. The standard InChI is InChI=1S/C10H9BrClN3S/c11-6-1-2-7(14-5-6)10(15-13)8-3-4-9(12)16-8/h1-5,10,15H,13H2. The summed E-state index contributed by atoms with van der Waals surface area (Å²) in [6.07, 6.45) is 1.74. The predicted octanol–water partition coefficient (Wildman–Crippen LogP) is 3.11. The highest BCUT2D eigenvalue weighted by Crippen LogP contribution is 2.29. The minimum atomic E-state index is -0.120. The lowest BCUT2D eigenvalue weighted by atomic mass is 10.1. The van der Waals surface area contributed by atoms with E-state index in [1.165, 1.54) is 11.3 Å². The summed E-state index contributed by atoms with van der Waals surface area (Å²) in [5.74, 6) is 5.55. The van der Waals surface area contributed by atoms with Crippen LogP contribution in [0.15, 0.2) is 34.9 Å². The molecule has 0 spiro atoms. The quantitative estimate of drug-likeness (QED) is 0.675. The van der Waals surface area contributed by atoms with Crippen molar-refractivity contribution in [2.24, 2.45) is 5.84 Å². The molecule has 2 rings (SSSR count). The maximum Gasteiger partial charge on any atom is 0.0973 e. The van der Waals surface area contributed by atoms with Crippen LogP contribution in [-0.2, 0) is 0 Å². The molecule has 1 atom stereocenters. The molecule has 3 N–H and O–H groups in total. The number of aromatic nitrogens is 1. The maximum absolute atomic E-state index is 5.90. The summed E-state index contributed by atoms with van der Waals surface area (Å²) in [5, 5.41) is 0. The van der Waals surface area contributed by atoms with Gasteiger partial charge in [-0.3, -0.25) is 10.8 Å². The molecule has 0 radical (unpaired) electrons. The molecule has 84 valence electrons. The molecule has 2 aromatic rings. The Bertz CT molecular complexity index is 471. The smallest absolute Gasteiger partial charge is 0.0973 e. The third-order valence-corrected chi connectivity index (χ3v) is 3.86. The monoisotopic (exact) mass is 317 g/mol. The second-order valence-corrected chi connectivity index (χ2v) is 5.81. The van der Waals surface area contributed by atoms with Gasteiger partial charge in [0.15, 0.2) is 0 Å². The number of hydrazine groups is 1. The van der Waals surface area contributed by atoms with Gasteiger partial charge in [0.1, 0.15) is 0 Å². The summed E-state index contributed by atoms with van der Waals surface area (Å²) in [5.41, 5.74) is 3.61. The first-order valence-electron chi connectivity index (χ1n) is 4.53. The van der Waals surface area contributed by atoms with Gasteiger partial charge < -0.3 is 0 Å². The summed E-state index contributed by atoms with van der Waals surface area (Å²) in [6.45, 7) is 0. The highest BCUT2D eigenvalue weighted by atomic mass is 79.9. The minimum Gasteiger partial charge on any atom is -0.270 e. The second kappa shape index (κ2) is 5.25. The fraction of sp³-hybridized carbons (Fsp3) is 0.100. The van der Waals surface area contributed by atoms with Crippen LogP contribution in [0.2, 0.25) is 4.34 Å². The number of rotatable bonds is 3. The normalized spacial score (nSPS) is 12.7. The van der Waals surface area contributed by atoms with E-state index in [0.717, 1.165) is 19.4 Å². The molecule has 0 fully saturated rings. The first kappa shape index (κ1) is 12.0. The Hall–Kier alpha value is -0.460. The van der Waals surface area contributed by atoms with Crippen LogP contribution in [0.4, 0.5) is 0 Å². The fourth-order valence-electron chi connectivity index (χ4n) is 1.35. The van der Waals surface area contributed by atoms with Gasteiger partial charge in [-0.05, 0) is 40.2 Å². The first-order valence-corrected chi connectivity index (χ1v) is 6.52. The molecule has 0 saturated carbocycles. The van der Waals surface area contributed by atoms with E-state index in [4.69, 9.17) is 17.4 Å². The summed E-state index contributed by atoms with van der Waals surface area (Å²) in [7, 11) is 0. The second-order valence-electron chi connectivity index (χ2n) is 3.14. The molecule has 0 aliphatic carbocycles. The van der Waals surface area contributed by atoms with Crippen LogP contribution in [0.3, 0.4) is 0 Å². The van der Waals surface area contributed by atoms with Crippen LogP contribution in [0.1, 0.15) is 16.6 Å². The van der Waals surface area contributed by atoms with Gasteiger partial charge in [-0.15, -0.1) is 11.3 Å². The molecule has 2 heterocycles. The van der Waals surface area contributed by atoms with Gasteiger partial charge in [0.05, 0.1) is 16.1 Å². The Morgan fingerprint density at radius 2 is 2.19 bits per heavy atom. The van der Waals surface area contributed by atoms with E-state index in [-0.39, 0.29) is 6.04 Å². The van der Waals surface area contributed by atoms with E-state index in [2.05, 4.69) is 26.3 Å². The van der Waals surface area contributed by atoms with E-state index in [1.54, 1.807) is 6.20 Å². The third kappa shape index (κ3) is 2.61. The zero-order chi connectivity index (χ0) is 11.5. The van der Waals surface area contributed by atoms with E-state index in [0.29, 0.717) is 0 Å². The summed E-state index contributed by atoms with van der Waals surface area (Å²) >= 11 is 10.7. The van der Waals surface area contributed by atoms with Gasteiger partial charge in [-0.2, -0.15) is 0 Å². The molecule has 16 heavy (non-hydrogen) atoms. The molecule has 0 aliphatic heterocycles. The van der Waals surface area contributed by atoms with Crippen molar-refractivity contribution in [3.05, 3.63) is 49.8 Å². The maximum atomic E-state index is 5.90. The first-order chi connectivity index (χ1) is 7.70. The average molecular weight is 319 g/mol. The van der Waals surface area contributed by atoms with E-state index >= 15 is 0 Å². The highest BCUT2D eigenvalue weighted by Gasteiger charge is 2.15. The molecule has 0 saturated heterocycles. The number of nitrogens with zero attached hydrogens (tertiary/aromatic N) is 1. The van der Waals surface area contributed by atoms with Crippen LogP contribution >= 0.6 is 38.9 Å². The van der Waals surface area contributed by atoms with Crippen LogP contribution in [-0.4, -0.2) is 4.98 Å². The Labute approximate surface area is 111 Å². The summed E-state index contributed by atoms with van der Waals surface area (Å²) in [6, 6.07) is 7.53.